The minimum absolute atomic E-state index is 0.189. The fourth-order valence-corrected chi connectivity index (χ4v) is 2.85. The van der Waals surface area contributed by atoms with Crippen molar-refractivity contribution in [2.75, 3.05) is 13.7 Å². The van der Waals surface area contributed by atoms with E-state index < -0.39 is 41.9 Å². The van der Waals surface area contributed by atoms with Gasteiger partial charge in [-0.2, -0.15) is 17.6 Å². The van der Waals surface area contributed by atoms with E-state index in [1.54, 1.807) is 13.8 Å². The smallest absolute Gasteiger partial charge is 0.376 e. The molecule has 25 heavy (non-hydrogen) atoms. The lowest BCUT2D eigenvalue weighted by molar-refractivity contribution is -0.339. The molecule has 0 radical (unpaired) electrons. The Hall–Kier alpha value is -0.510. The molecule has 9 heteroatoms. The van der Waals surface area contributed by atoms with Crippen molar-refractivity contribution in [3.8, 4) is 0 Å². The first-order valence-corrected chi connectivity index (χ1v) is 8.29. The number of hydrogen-bond donors (Lipinski definition) is 0. The predicted molar refractivity (Wildman–Crippen MR) is 82.1 cm³/mol. The van der Waals surface area contributed by atoms with Crippen LogP contribution in [0.4, 0.5) is 22.0 Å². The number of alkyl halides is 5. The molecule has 0 saturated carbocycles. The zero-order valence-electron chi connectivity index (χ0n) is 15.8. The van der Waals surface area contributed by atoms with Crippen LogP contribution in [0.3, 0.4) is 0 Å². The van der Waals surface area contributed by atoms with Crippen molar-refractivity contribution < 1.29 is 36.2 Å². The highest BCUT2D eigenvalue weighted by Crippen LogP contribution is 2.62. The molecule has 0 aliphatic carbocycles. The molecule has 0 amide bonds. The van der Waals surface area contributed by atoms with Crippen LogP contribution in [0.1, 0.15) is 54.4 Å². The standard InChI is InChI=1S/C16H28F5NO3/c1-8-11(3)24-16(20,21)15(19)13(6,22(15)7)25-14(17,18)10-12(4,5)23-9-2/h11H,8-10H2,1-7H3. The van der Waals surface area contributed by atoms with Crippen LogP contribution in [0.2, 0.25) is 0 Å². The van der Waals surface area contributed by atoms with Crippen molar-refractivity contribution >= 4 is 0 Å². The van der Waals surface area contributed by atoms with Gasteiger partial charge < -0.3 is 9.47 Å². The van der Waals surface area contributed by atoms with Gasteiger partial charge in [0.1, 0.15) is 0 Å². The quantitative estimate of drug-likeness (QED) is 0.318. The fourth-order valence-electron chi connectivity index (χ4n) is 2.85. The second kappa shape index (κ2) is 6.90. The number of hydrogen-bond acceptors (Lipinski definition) is 4. The van der Waals surface area contributed by atoms with Gasteiger partial charge in [0.25, 0.3) is 5.79 Å². The molecule has 0 spiro atoms. The van der Waals surface area contributed by atoms with Crippen molar-refractivity contribution in [3.05, 3.63) is 0 Å². The molecule has 1 rings (SSSR count). The maximum Gasteiger partial charge on any atom is 0.408 e. The summed E-state index contributed by atoms with van der Waals surface area (Å²) in [5.74, 6) is -3.50. The van der Waals surface area contributed by atoms with Crippen molar-refractivity contribution in [3.63, 3.8) is 0 Å². The van der Waals surface area contributed by atoms with Gasteiger partial charge >= 0.3 is 12.2 Å². The predicted octanol–water partition coefficient (Wildman–Crippen LogP) is 4.54. The van der Waals surface area contributed by atoms with E-state index in [9.17, 15) is 22.0 Å². The first-order valence-electron chi connectivity index (χ1n) is 8.29. The molecule has 0 aromatic carbocycles. The molecule has 1 heterocycles. The zero-order valence-corrected chi connectivity index (χ0v) is 15.8. The van der Waals surface area contributed by atoms with Crippen LogP contribution < -0.4 is 0 Å². The van der Waals surface area contributed by atoms with E-state index in [-0.39, 0.29) is 13.0 Å². The van der Waals surface area contributed by atoms with Crippen molar-refractivity contribution in [1.82, 2.24) is 4.90 Å². The van der Waals surface area contributed by atoms with Crippen LogP contribution in [-0.2, 0) is 14.2 Å². The van der Waals surface area contributed by atoms with Gasteiger partial charge in [-0.1, -0.05) is 6.92 Å². The summed E-state index contributed by atoms with van der Waals surface area (Å²) in [4.78, 5) is 0.407. The molecule has 150 valence electrons. The summed E-state index contributed by atoms with van der Waals surface area (Å²) in [6, 6.07) is 0. The lowest BCUT2D eigenvalue weighted by Gasteiger charge is -2.31. The number of likely N-dealkylation sites (N-methyl/N-ethyl adjacent to an activating group) is 1. The SMILES string of the molecule is CCOC(C)(C)CC(F)(F)OC1(C)N(C)C1(F)C(F)(F)OC(C)CC. The monoisotopic (exact) mass is 377 g/mol. The second-order valence-electron chi connectivity index (χ2n) is 7.13. The van der Waals surface area contributed by atoms with Gasteiger partial charge in [-0.25, -0.2) is 9.29 Å². The third kappa shape index (κ3) is 4.26. The van der Waals surface area contributed by atoms with Gasteiger partial charge in [-0.15, -0.1) is 0 Å². The normalized spacial score (nSPS) is 31.9. The molecule has 1 aliphatic rings. The van der Waals surface area contributed by atoms with Gasteiger partial charge in [-0.3, -0.25) is 4.74 Å². The topological polar surface area (TPSA) is 30.7 Å². The third-order valence-electron chi connectivity index (χ3n) is 4.49. The summed E-state index contributed by atoms with van der Waals surface area (Å²) >= 11 is 0. The number of halogens is 5. The van der Waals surface area contributed by atoms with Crippen LogP contribution in [0.5, 0.6) is 0 Å². The highest BCUT2D eigenvalue weighted by molar-refractivity contribution is 5.18. The first-order chi connectivity index (χ1) is 11.1. The van der Waals surface area contributed by atoms with Gasteiger partial charge in [0.15, 0.2) is 5.72 Å². The van der Waals surface area contributed by atoms with E-state index in [2.05, 4.69) is 9.47 Å². The number of rotatable bonds is 10. The highest BCUT2D eigenvalue weighted by Gasteiger charge is 2.88. The second-order valence-corrected chi connectivity index (χ2v) is 7.13. The van der Waals surface area contributed by atoms with Gasteiger partial charge in [0, 0.05) is 6.61 Å². The summed E-state index contributed by atoms with van der Waals surface area (Å²) < 4.78 is 85.9. The van der Waals surface area contributed by atoms with Crippen LogP contribution in [0.25, 0.3) is 0 Å². The molecule has 0 N–H and O–H groups in total. The van der Waals surface area contributed by atoms with Crippen LogP contribution in [0, 0.1) is 0 Å². The molecule has 0 bridgehead atoms. The van der Waals surface area contributed by atoms with E-state index in [0.29, 0.717) is 4.90 Å². The number of ether oxygens (including phenoxy) is 3. The fraction of sp³-hybridized carbons (Fsp3) is 1.00. The van der Waals surface area contributed by atoms with E-state index in [1.807, 2.05) is 0 Å². The Labute approximate surface area is 145 Å². The molecule has 1 saturated heterocycles. The summed E-state index contributed by atoms with van der Waals surface area (Å²) in [6.07, 6.45) is -9.82. The van der Waals surface area contributed by atoms with Crippen molar-refractivity contribution in [2.24, 2.45) is 0 Å². The largest absolute Gasteiger partial charge is 0.408 e. The summed E-state index contributed by atoms with van der Waals surface area (Å²) in [7, 11) is 0.942. The average molecular weight is 377 g/mol. The number of nitrogens with zero attached hydrogens (tertiary/aromatic N) is 1. The van der Waals surface area contributed by atoms with E-state index in [1.165, 1.54) is 20.8 Å². The van der Waals surface area contributed by atoms with Crippen LogP contribution in [0.15, 0.2) is 0 Å². The van der Waals surface area contributed by atoms with Crippen LogP contribution in [-0.4, -0.2) is 54.0 Å². The van der Waals surface area contributed by atoms with Crippen LogP contribution >= 0.6 is 0 Å². The lowest BCUT2D eigenvalue weighted by atomic mass is 10.0. The summed E-state index contributed by atoms with van der Waals surface area (Å²) in [5.41, 5.74) is -3.80. The van der Waals surface area contributed by atoms with Crippen molar-refractivity contribution in [1.29, 1.82) is 0 Å². The average Bonchev–Trinajstić information content (AvgIpc) is 2.83. The van der Waals surface area contributed by atoms with Crippen molar-refractivity contribution in [2.45, 2.75) is 89.8 Å². The van der Waals surface area contributed by atoms with Gasteiger partial charge in [-0.05, 0) is 48.1 Å². The first kappa shape index (κ1) is 22.5. The molecule has 1 aliphatic heterocycles. The summed E-state index contributed by atoms with van der Waals surface area (Å²) in [5, 5.41) is 0. The zero-order chi connectivity index (χ0) is 19.9. The Balaban J connectivity index is 2.94. The Morgan fingerprint density at radius 1 is 1.12 bits per heavy atom. The third-order valence-corrected chi connectivity index (χ3v) is 4.49. The Kier molecular flexibility index (Phi) is 6.22. The molecule has 0 aromatic heterocycles. The highest BCUT2D eigenvalue weighted by atomic mass is 19.3. The minimum atomic E-state index is -4.31. The minimum Gasteiger partial charge on any atom is -0.376 e. The Morgan fingerprint density at radius 3 is 2.08 bits per heavy atom. The molecule has 4 unspecified atom stereocenters. The van der Waals surface area contributed by atoms with Gasteiger partial charge in [0.05, 0.1) is 18.1 Å². The maximum absolute atomic E-state index is 14.9. The molecule has 1 fully saturated rings. The molecular formula is C16H28F5NO3. The maximum atomic E-state index is 14.9. The molecule has 0 aromatic rings. The van der Waals surface area contributed by atoms with E-state index in [0.717, 1.165) is 14.0 Å². The van der Waals surface area contributed by atoms with Gasteiger partial charge in [0.2, 0.25) is 0 Å². The molecule has 4 atom stereocenters. The van der Waals surface area contributed by atoms with E-state index in [4.69, 9.17) is 4.74 Å². The Morgan fingerprint density at radius 2 is 1.64 bits per heavy atom. The molecule has 4 nitrogen and oxygen atoms in total. The Bertz CT molecular complexity index is 477. The molecular weight excluding hydrogens is 349 g/mol. The lowest BCUT2D eigenvalue weighted by Crippen LogP contribution is -2.47. The summed E-state index contributed by atoms with van der Waals surface area (Å²) in [6.45, 7) is 8.43. The van der Waals surface area contributed by atoms with E-state index >= 15 is 0 Å².